The molecular weight excluding hydrogens is 138 g/mol. The van der Waals surface area contributed by atoms with Crippen LogP contribution in [0.5, 0.6) is 0 Å². The van der Waals surface area contributed by atoms with Gasteiger partial charge in [-0.15, -0.1) is 0 Å². The molecular formula is C6H8ClNO. The van der Waals surface area contributed by atoms with E-state index >= 15 is 0 Å². The lowest BCUT2D eigenvalue weighted by molar-refractivity contribution is -0.115. The van der Waals surface area contributed by atoms with Crippen LogP contribution in [0.1, 0.15) is 13.3 Å². The van der Waals surface area contributed by atoms with Gasteiger partial charge in [0.25, 0.3) is 5.91 Å². The predicted molar refractivity (Wildman–Crippen MR) is 36.9 cm³/mol. The SMILES string of the molecule is CCCNC(=O)C#CCl. The van der Waals surface area contributed by atoms with E-state index in [0.717, 1.165) is 6.42 Å². The Morgan fingerprint density at radius 3 is 2.89 bits per heavy atom. The maximum atomic E-state index is 10.4. The van der Waals surface area contributed by atoms with Gasteiger partial charge in [0, 0.05) is 17.8 Å². The third kappa shape index (κ3) is 5.19. The molecule has 0 aliphatic rings. The van der Waals surface area contributed by atoms with E-state index in [9.17, 15) is 4.79 Å². The first kappa shape index (κ1) is 8.32. The topological polar surface area (TPSA) is 29.1 Å². The molecule has 0 radical (unpaired) electrons. The summed E-state index contributed by atoms with van der Waals surface area (Å²) in [4.78, 5) is 10.4. The fourth-order valence-corrected chi connectivity index (χ4v) is 0.411. The number of hydrogen-bond acceptors (Lipinski definition) is 1. The third-order valence-electron chi connectivity index (χ3n) is 0.696. The average Bonchev–Trinajstić information content (AvgIpc) is 1.85. The van der Waals surface area contributed by atoms with E-state index in [4.69, 9.17) is 11.6 Å². The van der Waals surface area contributed by atoms with E-state index in [-0.39, 0.29) is 5.91 Å². The van der Waals surface area contributed by atoms with Crippen molar-refractivity contribution in [1.82, 2.24) is 5.32 Å². The minimum Gasteiger partial charge on any atom is -0.345 e. The van der Waals surface area contributed by atoms with Crippen LogP contribution in [0.25, 0.3) is 0 Å². The van der Waals surface area contributed by atoms with Gasteiger partial charge in [0.2, 0.25) is 0 Å². The molecule has 0 saturated carbocycles. The summed E-state index contributed by atoms with van der Waals surface area (Å²) in [5, 5.41) is 4.52. The van der Waals surface area contributed by atoms with Crippen molar-refractivity contribution in [3.05, 3.63) is 0 Å². The van der Waals surface area contributed by atoms with Gasteiger partial charge in [-0.3, -0.25) is 4.79 Å². The molecule has 9 heavy (non-hydrogen) atoms. The van der Waals surface area contributed by atoms with Crippen LogP contribution in [0.3, 0.4) is 0 Å². The molecule has 0 aliphatic carbocycles. The van der Waals surface area contributed by atoms with Crippen LogP contribution < -0.4 is 5.32 Å². The molecule has 0 aliphatic heterocycles. The van der Waals surface area contributed by atoms with Crippen LogP contribution in [0.2, 0.25) is 0 Å². The average molecular weight is 146 g/mol. The molecule has 0 saturated heterocycles. The number of amides is 1. The smallest absolute Gasteiger partial charge is 0.297 e. The summed E-state index contributed by atoms with van der Waals surface area (Å²) >= 11 is 4.95. The Hall–Kier alpha value is -0.680. The van der Waals surface area contributed by atoms with Crippen LogP contribution in [0, 0.1) is 11.3 Å². The van der Waals surface area contributed by atoms with Crippen molar-refractivity contribution in [1.29, 1.82) is 0 Å². The Bertz CT molecular complexity index is 145. The summed E-state index contributed by atoms with van der Waals surface area (Å²) in [6.07, 6.45) is 0.912. The van der Waals surface area contributed by atoms with Gasteiger partial charge < -0.3 is 5.32 Å². The number of nitrogens with one attached hydrogen (secondary N) is 1. The van der Waals surface area contributed by atoms with Crippen LogP contribution in [0.4, 0.5) is 0 Å². The van der Waals surface area contributed by atoms with E-state index in [1.807, 2.05) is 12.3 Å². The number of hydrogen-bond donors (Lipinski definition) is 1. The van der Waals surface area contributed by atoms with Gasteiger partial charge in [0.05, 0.1) is 0 Å². The molecule has 0 atom stereocenters. The molecule has 0 unspecified atom stereocenters. The van der Waals surface area contributed by atoms with Crippen LogP contribution in [0.15, 0.2) is 0 Å². The van der Waals surface area contributed by atoms with Gasteiger partial charge in [-0.25, -0.2) is 0 Å². The van der Waals surface area contributed by atoms with Crippen molar-refractivity contribution in [3.8, 4) is 11.3 Å². The van der Waals surface area contributed by atoms with Crippen LogP contribution in [-0.2, 0) is 4.79 Å². The monoisotopic (exact) mass is 145 g/mol. The van der Waals surface area contributed by atoms with Crippen molar-refractivity contribution in [2.75, 3.05) is 6.54 Å². The summed E-state index contributed by atoms with van der Waals surface area (Å²) in [5.74, 6) is 1.83. The fourth-order valence-electron chi connectivity index (χ4n) is 0.326. The molecule has 0 aromatic carbocycles. The Morgan fingerprint density at radius 2 is 2.44 bits per heavy atom. The highest BCUT2D eigenvalue weighted by Gasteiger charge is 1.89. The molecule has 1 amide bonds. The molecule has 0 bridgehead atoms. The molecule has 0 heterocycles. The maximum Gasteiger partial charge on any atom is 0.297 e. The Morgan fingerprint density at radius 1 is 1.78 bits per heavy atom. The standard InChI is InChI=1S/C6H8ClNO/c1-2-5-8-6(9)3-4-7/h2,5H2,1H3,(H,8,9). The quantitative estimate of drug-likeness (QED) is 0.570. The van der Waals surface area contributed by atoms with E-state index in [1.54, 1.807) is 0 Å². The summed E-state index contributed by atoms with van der Waals surface area (Å²) in [6.45, 7) is 2.62. The molecule has 1 N–H and O–H groups in total. The molecule has 0 spiro atoms. The second-order valence-electron chi connectivity index (χ2n) is 1.48. The first-order valence-corrected chi connectivity index (χ1v) is 3.08. The van der Waals surface area contributed by atoms with Crippen LogP contribution >= 0.6 is 11.6 Å². The zero-order chi connectivity index (χ0) is 7.11. The van der Waals surface area contributed by atoms with Gasteiger partial charge in [-0.2, -0.15) is 0 Å². The zero-order valence-corrected chi connectivity index (χ0v) is 5.96. The molecule has 0 fully saturated rings. The lowest BCUT2D eigenvalue weighted by atomic mass is 10.5. The van der Waals surface area contributed by atoms with Crippen molar-refractivity contribution in [2.24, 2.45) is 0 Å². The Labute approximate surface area is 59.6 Å². The molecule has 0 rings (SSSR count). The molecule has 0 aromatic heterocycles. The van der Waals surface area contributed by atoms with E-state index in [0.29, 0.717) is 6.54 Å². The van der Waals surface area contributed by atoms with Gasteiger partial charge in [-0.1, -0.05) is 6.92 Å². The van der Waals surface area contributed by atoms with Crippen molar-refractivity contribution >= 4 is 17.5 Å². The second kappa shape index (κ2) is 5.46. The maximum absolute atomic E-state index is 10.4. The van der Waals surface area contributed by atoms with Crippen molar-refractivity contribution < 1.29 is 4.79 Å². The molecule has 2 nitrogen and oxygen atoms in total. The van der Waals surface area contributed by atoms with Gasteiger partial charge in [0.15, 0.2) is 0 Å². The van der Waals surface area contributed by atoms with Crippen molar-refractivity contribution in [2.45, 2.75) is 13.3 Å². The highest BCUT2D eigenvalue weighted by atomic mass is 35.5. The van der Waals surface area contributed by atoms with Gasteiger partial charge in [-0.05, 0) is 18.0 Å². The first-order valence-electron chi connectivity index (χ1n) is 2.70. The Balaban J connectivity index is 3.35. The largest absolute Gasteiger partial charge is 0.345 e. The number of rotatable bonds is 2. The lowest BCUT2D eigenvalue weighted by Gasteiger charge is -1.92. The predicted octanol–water partition coefficient (Wildman–Crippen LogP) is 0.712. The highest BCUT2D eigenvalue weighted by molar-refractivity contribution is 6.31. The summed E-state index contributed by atoms with van der Waals surface area (Å²) in [6, 6.07) is 0. The van der Waals surface area contributed by atoms with E-state index in [2.05, 4.69) is 11.2 Å². The minimum atomic E-state index is -0.313. The lowest BCUT2D eigenvalue weighted by Crippen LogP contribution is -2.21. The number of carbonyl (C=O) groups excluding carboxylic acids is 1. The summed E-state index contributed by atoms with van der Waals surface area (Å²) in [7, 11) is 0. The Kier molecular flexibility index (Phi) is 5.04. The fraction of sp³-hybridized carbons (Fsp3) is 0.500. The second-order valence-corrected chi connectivity index (χ2v) is 1.66. The van der Waals surface area contributed by atoms with Gasteiger partial charge >= 0.3 is 0 Å². The van der Waals surface area contributed by atoms with E-state index < -0.39 is 0 Å². The first-order chi connectivity index (χ1) is 4.31. The summed E-state index contributed by atoms with van der Waals surface area (Å²) in [5.41, 5.74) is 0. The van der Waals surface area contributed by atoms with E-state index in [1.165, 1.54) is 0 Å². The highest BCUT2D eigenvalue weighted by Crippen LogP contribution is 1.70. The zero-order valence-electron chi connectivity index (χ0n) is 5.20. The molecule has 0 aromatic rings. The number of halogens is 1. The van der Waals surface area contributed by atoms with Crippen LogP contribution in [-0.4, -0.2) is 12.5 Å². The normalized spacial score (nSPS) is 7.33. The molecule has 3 heteroatoms. The van der Waals surface area contributed by atoms with Gasteiger partial charge in [0.1, 0.15) is 0 Å². The minimum absolute atomic E-state index is 0.313. The number of carbonyl (C=O) groups is 1. The molecule has 50 valence electrons. The third-order valence-corrected chi connectivity index (χ3v) is 0.791. The summed E-state index contributed by atoms with van der Waals surface area (Å²) < 4.78 is 0. The van der Waals surface area contributed by atoms with Crippen molar-refractivity contribution in [3.63, 3.8) is 0 Å².